The van der Waals surface area contributed by atoms with Gasteiger partial charge in [0.05, 0.1) is 35.3 Å². The Labute approximate surface area is 193 Å². The van der Waals surface area contributed by atoms with Gasteiger partial charge in [0.25, 0.3) is 5.56 Å². The van der Waals surface area contributed by atoms with Crippen molar-refractivity contribution in [2.24, 2.45) is 0 Å². The third-order valence-electron chi connectivity index (χ3n) is 5.46. The molecule has 0 aliphatic rings. The summed E-state index contributed by atoms with van der Waals surface area (Å²) in [5.74, 6) is 1.52. The van der Waals surface area contributed by atoms with Crippen molar-refractivity contribution in [3.05, 3.63) is 93.8 Å². The molecule has 0 fully saturated rings. The van der Waals surface area contributed by atoms with Gasteiger partial charge in [0, 0.05) is 5.75 Å². The summed E-state index contributed by atoms with van der Waals surface area (Å²) in [6, 6.07) is 22.8. The smallest absolute Gasteiger partial charge is 0.267 e. The molecular weight excluding hydrogens is 434 g/mol. The Morgan fingerprint density at radius 2 is 1.85 bits per heavy atom. The Kier molecular flexibility index (Phi) is 5.32. The van der Waals surface area contributed by atoms with Crippen molar-refractivity contribution in [1.82, 2.24) is 19.2 Å². The van der Waals surface area contributed by atoms with Crippen LogP contribution in [0.1, 0.15) is 16.7 Å². The highest BCUT2D eigenvalue weighted by atomic mass is 32.2. The fourth-order valence-electron chi connectivity index (χ4n) is 3.86. The summed E-state index contributed by atoms with van der Waals surface area (Å²) >= 11 is 1.47. The van der Waals surface area contributed by atoms with Gasteiger partial charge >= 0.3 is 0 Å². The van der Waals surface area contributed by atoms with Crippen molar-refractivity contribution in [2.75, 3.05) is 7.11 Å². The lowest BCUT2D eigenvalue weighted by Gasteiger charge is -2.14. The fourth-order valence-corrected chi connectivity index (χ4v) is 4.81. The Bertz CT molecular complexity index is 1610. The summed E-state index contributed by atoms with van der Waals surface area (Å²) in [5, 5.41) is 19.4. The van der Waals surface area contributed by atoms with E-state index in [4.69, 9.17) is 4.74 Å². The average Bonchev–Trinajstić information content (AvgIpc) is 3.27. The van der Waals surface area contributed by atoms with Crippen molar-refractivity contribution in [3.8, 4) is 17.5 Å². The molecule has 0 atom stereocenters. The van der Waals surface area contributed by atoms with Crippen LogP contribution in [0, 0.1) is 18.3 Å². The second kappa shape index (κ2) is 8.45. The van der Waals surface area contributed by atoms with E-state index in [1.807, 2.05) is 65.9 Å². The van der Waals surface area contributed by atoms with Gasteiger partial charge in [-0.05, 0) is 48.4 Å². The highest BCUT2D eigenvalue weighted by Crippen LogP contribution is 2.29. The van der Waals surface area contributed by atoms with E-state index in [0.717, 1.165) is 16.6 Å². The molecule has 7 nitrogen and oxygen atoms in total. The van der Waals surface area contributed by atoms with Gasteiger partial charge < -0.3 is 4.74 Å². The van der Waals surface area contributed by atoms with E-state index in [1.54, 1.807) is 23.8 Å². The highest BCUT2D eigenvalue weighted by Gasteiger charge is 2.20. The molecule has 0 radical (unpaired) electrons. The van der Waals surface area contributed by atoms with E-state index in [-0.39, 0.29) is 5.56 Å². The molecule has 0 bridgehead atoms. The van der Waals surface area contributed by atoms with Crippen LogP contribution in [0.3, 0.4) is 0 Å². The van der Waals surface area contributed by atoms with E-state index in [2.05, 4.69) is 16.3 Å². The number of fused-ring (bicyclic) bond motifs is 3. The quantitative estimate of drug-likeness (QED) is 0.364. The second-order valence-electron chi connectivity index (χ2n) is 7.51. The summed E-state index contributed by atoms with van der Waals surface area (Å²) in [7, 11) is 1.58. The van der Waals surface area contributed by atoms with Crippen LogP contribution in [0.5, 0.6) is 5.75 Å². The van der Waals surface area contributed by atoms with Gasteiger partial charge in [0.2, 0.25) is 5.78 Å². The molecule has 0 N–H and O–H groups in total. The van der Waals surface area contributed by atoms with Crippen molar-refractivity contribution in [2.45, 2.75) is 17.8 Å². The van der Waals surface area contributed by atoms with Crippen LogP contribution in [0.4, 0.5) is 0 Å². The number of hydrogen-bond donors (Lipinski definition) is 0. The molecule has 0 saturated carbocycles. The number of para-hydroxylation sites is 1. The van der Waals surface area contributed by atoms with E-state index < -0.39 is 0 Å². The molecule has 0 aliphatic carbocycles. The van der Waals surface area contributed by atoms with Crippen molar-refractivity contribution < 1.29 is 4.74 Å². The minimum absolute atomic E-state index is 0.194. The van der Waals surface area contributed by atoms with Crippen molar-refractivity contribution in [1.29, 1.82) is 5.26 Å². The summed E-state index contributed by atoms with van der Waals surface area (Å²) in [6.45, 7) is 1.96. The molecule has 2 heterocycles. The predicted molar refractivity (Wildman–Crippen MR) is 128 cm³/mol. The first kappa shape index (κ1) is 20.8. The molecule has 33 heavy (non-hydrogen) atoms. The molecule has 2 aromatic heterocycles. The van der Waals surface area contributed by atoms with Crippen LogP contribution in [-0.2, 0) is 5.75 Å². The lowest BCUT2D eigenvalue weighted by molar-refractivity contribution is 0.412. The minimum Gasteiger partial charge on any atom is -0.495 e. The Morgan fingerprint density at radius 3 is 2.67 bits per heavy atom. The molecule has 0 amide bonds. The van der Waals surface area contributed by atoms with Gasteiger partial charge in [0.1, 0.15) is 5.75 Å². The molecule has 0 spiro atoms. The number of aryl methyl sites for hydroxylation is 1. The standard InChI is InChI=1S/C25H19N5O2S/c1-16-11-12-22(32-2)21(13-16)29-23(31)19-9-5-6-10-20(19)30-24(29)27-28-25(30)33-15-18-8-4-3-7-17(18)14-26/h3-13H,15H2,1-2H3. The number of nitriles is 1. The molecule has 3 aromatic carbocycles. The zero-order valence-electron chi connectivity index (χ0n) is 18.0. The zero-order chi connectivity index (χ0) is 22.9. The van der Waals surface area contributed by atoms with Crippen LogP contribution in [0.15, 0.2) is 76.7 Å². The number of thioether (sulfide) groups is 1. The summed E-state index contributed by atoms with van der Waals surface area (Å²) in [4.78, 5) is 13.6. The van der Waals surface area contributed by atoms with Gasteiger partial charge in [-0.2, -0.15) is 5.26 Å². The lowest BCUT2D eigenvalue weighted by Crippen LogP contribution is -2.22. The van der Waals surface area contributed by atoms with Crippen molar-refractivity contribution >= 4 is 28.4 Å². The highest BCUT2D eigenvalue weighted by molar-refractivity contribution is 7.98. The first-order valence-corrected chi connectivity index (χ1v) is 11.3. The third-order valence-corrected chi connectivity index (χ3v) is 6.44. The fraction of sp³-hybridized carbons (Fsp3) is 0.120. The summed E-state index contributed by atoms with van der Waals surface area (Å²) in [6.07, 6.45) is 0. The molecule has 5 rings (SSSR count). The number of ether oxygens (including phenoxy) is 1. The van der Waals surface area contributed by atoms with Crippen LogP contribution >= 0.6 is 11.8 Å². The van der Waals surface area contributed by atoms with Gasteiger partial charge in [-0.3, -0.25) is 9.20 Å². The maximum Gasteiger partial charge on any atom is 0.267 e. The number of hydrogen-bond acceptors (Lipinski definition) is 6. The predicted octanol–water partition coefficient (Wildman–Crippen LogP) is 4.51. The number of aromatic nitrogens is 4. The van der Waals surface area contributed by atoms with Crippen LogP contribution < -0.4 is 10.3 Å². The Morgan fingerprint density at radius 1 is 1.06 bits per heavy atom. The maximum atomic E-state index is 13.6. The van der Waals surface area contributed by atoms with E-state index >= 15 is 0 Å². The monoisotopic (exact) mass is 453 g/mol. The Balaban J connectivity index is 1.75. The van der Waals surface area contributed by atoms with E-state index in [1.165, 1.54) is 11.8 Å². The number of methoxy groups -OCH3 is 1. The molecule has 0 saturated heterocycles. The first-order chi connectivity index (χ1) is 16.1. The lowest BCUT2D eigenvalue weighted by atomic mass is 10.1. The molecule has 5 aromatic rings. The average molecular weight is 454 g/mol. The third kappa shape index (κ3) is 3.52. The van der Waals surface area contributed by atoms with Crippen LogP contribution in [0.25, 0.3) is 22.4 Å². The summed E-state index contributed by atoms with van der Waals surface area (Å²) < 4.78 is 8.99. The van der Waals surface area contributed by atoms with Gasteiger partial charge in [0.15, 0.2) is 5.16 Å². The SMILES string of the molecule is COc1ccc(C)cc1-n1c(=O)c2ccccc2n2c(SCc3ccccc3C#N)nnc12. The molecule has 0 unspecified atom stereocenters. The Hall–Kier alpha value is -4.09. The molecular formula is C25H19N5O2S. The number of rotatable bonds is 5. The maximum absolute atomic E-state index is 13.6. The summed E-state index contributed by atoms with van der Waals surface area (Å²) in [5.41, 5.74) is 3.68. The topological polar surface area (TPSA) is 85.2 Å². The normalized spacial score (nSPS) is 11.1. The van der Waals surface area contributed by atoms with E-state index in [9.17, 15) is 10.1 Å². The molecule has 8 heteroatoms. The van der Waals surface area contributed by atoms with Gasteiger partial charge in [-0.15, -0.1) is 10.2 Å². The van der Waals surface area contributed by atoms with Gasteiger partial charge in [-0.1, -0.05) is 48.2 Å². The number of nitrogens with zero attached hydrogens (tertiary/aromatic N) is 5. The second-order valence-corrected chi connectivity index (χ2v) is 8.45. The first-order valence-electron chi connectivity index (χ1n) is 10.3. The molecule has 0 aliphatic heterocycles. The number of benzene rings is 3. The van der Waals surface area contributed by atoms with Gasteiger partial charge in [-0.25, -0.2) is 4.57 Å². The van der Waals surface area contributed by atoms with E-state index in [0.29, 0.717) is 39.1 Å². The van der Waals surface area contributed by atoms with Crippen LogP contribution in [-0.4, -0.2) is 26.3 Å². The zero-order valence-corrected chi connectivity index (χ0v) is 18.8. The molecule has 162 valence electrons. The minimum atomic E-state index is -0.194. The van der Waals surface area contributed by atoms with Crippen LogP contribution in [0.2, 0.25) is 0 Å². The van der Waals surface area contributed by atoms with Crippen molar-refractivity contribution in [3.63, 3.8) is 0 Å². The largest absolute Gasteiger partial charge is 0.495 e.